The monoisotopic (exact) mass is 227 g/mol. The summed E-state index contributed by atoms with van der Waals surface area (Å²) in [6.45, 7) is 6.09. The van der Waals surface area contributed by atoms with E-state index < -0.39 is 5.92 Å². The van der Waals surface area contributed by atoms with Crippen LogP contribution in [0.5, 0.6) is 0 Å². The molecule has 2 amide bonds. The number of morpholine rings is 1. The molecule has 1 saturated heterocycles. The molecule has 1 unspecified atom stereocenters. The number of ether oxygens (including phenoxy) is 1. The molecule has 0 aromatic carbocycles. The van der Waals surface area contributed by atoms with Crippen LogP contribution in [0.1, 0.15) is 6.42 Å². The highest BCUT2D eigenvalue weighted by Crippen LogP contribution is 2.10. The predicted octanol–water partition coefficient (Wildman–Crippen LogP) is -0.226. The quantitative estimate of drug-likeness (QED) is 0.669. The first-order chi connectivity index (χ1) is 7.52. The van der Waals surface area contributed by atoms with Gasteiger partial charge < -0.3 is 14.5 Å². The lowest BCUT2D eigenvalue weighted by molar-refractivity contribution is -0.141. The number of rotatable bonds is 3. The minimum Gasteiger partial charge on any atom is -0.378 e. The van der Waals surface area contributed by atoms with Crippen LogP contribution in [0.2, 0.25) is 0 Å². The fourth-order valence-electron chi connectivity index (χ4n) is 1.52. The molecule has 0 spiro atoms. The van der Waals surface area contributed by atoms with E-state index in [9.17, 15) is 9.59 Å². The highest BCUT2D eigenvalue weighted by atomic mass is 16.5. The molecule has 1 aliphatic rings. The Morgan fingerprint density at radius 2 is 1.94 bits per heavy atom. The van der Waals surface area contributed by atoms with Crippen LogP contribution in [-0.4, -0.2) is 62.0 Å². The van der Waals surface area contributed by atoms with Crippen molar-refractivity contribution in [1.29, 1.82) is 0 Å². The third kappa shape index (κ3) is 3.48. The number of carbonyl (C=O) groups excluding carboxylic acids is 2. The van der Waals surface area contributed by atoms with Crippen molar-refractivity contribution in [2.24, 2.45) is 5.92 Å². The molecule has 5 heteroatoms. The normalized spacial score (nSPS) is 18.1. The molecule has 1 rings (SSSR count). The molecule has 0 aromatic heterocycles. The maximum absolute atomic E-state index is 11.9. The van der Waals surface area contributed by atoms with Crippen LogP contribution in [0.4, 0.5) is 0 Å². The van der Waals surface area contributed by atoms with Gasteiger partial charge in [-0.15, -0.1) is 0 Å². The van der Waals surface area contributed by atoms with Crippen LogP contribution in [0.25, 0.3) is 0 Å². The molecule has 1 radical (unpaired) electrons. The number of carbonyl (C=O) groups is 2. The van der Waals surface area contributed by atoms with Crippen LogP contribution >= 0.6 is 0 Å². The number of amides is 2. The van der Waals surface area contributed by atoms with Crippen molar-refractivity contribution in [2.45, 2.75) is 6.42 Å². The van der Waals surface area contributed by atoms with Gasteiger partial charge >= 0.3 is 0 Å². The molecule has 1 atom stereocenters. The molecule has 0 saturated carbocycles. The van der Waals surface area contributed by atoms with Crippen molar-refractivity contribution in [2.75, 3.05) is 40.4 Å². The number of nitrogens with zero attached hydrogens (tertiary/aromatic N) is 2. The molecular formula is C11H19N2O3. The summed E-state index contributed by atoms with van der Waals surface area (Å²) < 4.78 is 5.16. The van der Waals surface area contributed by atoms with Gasteiger partial charge in [-0.25, -0.2) is 0 Å². The van der Waals surface area contributed by atoms with E-state index in [4.69, 9.17) is 4.74 Å². The summed E-state index contributed by atoms with van der Waals surface area (Å²) in [6, 6.07) is 0. The Bertz CT molecular complexity index is 260. The summed E-state index contributed by atoms with van der Waals surface area (Å²) in [5.74, 6) is -0.617. The van der Waals surface area contributed by atoms with Gasteiger partial charge in [-0.1, -0.05) is 0 Å². The lowest BCUT2D eigenvalue weighted by Crippen LogP contribution is -2.44. The second-order valence-electron chi connectivity index (χ2n) is 4.13. The Morgan fingerprint density at radius 3 is 2.44 bits per heavy atom. The first kappa shape index (κ1) is 13.0. The van der Waals surface area contributed by atoms with Gasteiger partial charge in [-0.2, -0.15) is 0 Å². The van der Waals surface area contributed by atoms with Gasteiger partial charge in [0, 0.05) is 39.5 Å². The van der Waals surface area contributed by atoms with Crippen LogP contribution in [0.3, 0.4) is 0 Å². The Kier molecular flexibility index (Phi) is 4.73. The second kappa shape index (κ2) is 5.84. The Morgan fingerprint density at radius 1 is 1.38 bits per heavy atom. The number of hydrogen-bond acceptors (Lipinski definition) is 3. The van der Waals surface area contributed by atoms with Gasteiger partial charge in [0.1, 0.15) is 0 Å². The summed E-state index contributed by atoms with van der Waals surface area (Å²) in [7, 11) is 3.35. The van der Waals surface area contributed by atoms with Crippen molar-refractivity contribution in [3.63, 3.8) is 0 Å². The third-order valence-corrected chi connectivity index (χ3v) is 2.59. The van der Waals surface area contributed by atoms with E-state index in [1.807, 2.05) is 0 Å². The largest absolute Gasteiger partial charge is 0.378 e. The molecule has 91 valence electrons. The van der Waals surface area contributed by atoms with Crippen molar-refractivity contribution < 1.29 is 14.3 Å². The zero-order valence-electron chi connectivity index (χ0n) is 9.94. The standard InChI is InChI=1S/C11H19N2O3/c1-9(8-10(14)12(2)3)11(15)13-4-6-16-7-5-13/h9H,1,4-8H2,2-3H3. The van der Waals surface area contributed by atoms with E-state index in [1.54, 1.807) is 19.0 Å². The summed E-state index contributed by atoms with van der Waals surface area (Å²) in [4.78, 5) is 26.5. The van der Waals surface area contributed by atoms with E-state index in [1.165, 1.54) is 4.90 Å². The topological polar surface area (TPSA) is 49.9 Å². The number of hydrogen-bond donors (Lipinski definition) is 0. The molecule has 5 nitrogen and oxygen atoms in total. The molecule has 0 N–H and O–H groups in total. The van der Waals surface area contributed by atoms with Crippen molar-refractivity contribution in [3.8, 4) is 0 Å². The summed E-state index contributed by atoms with van der Waals surface area (Å²) >= 11 is 0. The average Bonchev–Trinajstić information content (AvgIpc) is 2.28. The molecule has 0 aliphatic carbocycles. The first-order valence-electron chi connectivity index (χ1n) is 5.42. The summed E-state index contributed by atoms with van der Waals surface area (Å²) in [5, 5.41) is 0. The average molecular weight is 227 g/mol. The lowest BCUT2D eigenvalue weighted by Gasteiger charge is -2.29. The highest BCUT2D eigenvalue weighted by molar-refractivity contribution is 5.86. The molecule has 0 aromatic rings. The van der Waals surface area contributed by atoms with Gasteiger partial charge in [-0.05, 0) is 6.92 Å². The maximum Gasteiger partial charge on any atom is 0.226 e. The van der Waals surface area contributed by atoms with Gasteiger partial charge in [0.15, 0.2) is 0 Å². The second-order valence-corrected chi connectivity index (χ2v) is 4.13. The van der Waals surface area contributed by atoms with Crippen molar-refractivity contribution >= 4 is 11.8 Å². The maximum atomic E-state index is 11.9. The van der Waals surface area contributed by atoms with E-state index in [2.05, 4.69) is 6.92 Å². The van der Waals surface area contributed by atoms with Gasteiger partial charge in [0.05, 0.1) is 13.2 Å². The van der Waals surface area contributed by atoms with E-state index in [0.29, 0.717) is 26.3 Å². The molecular weight excluding hydrogens is 208 g/mol. The smallest absolute Gasteiger partial charge is 0.226 e. The van der Waals surface area contributed by atoms with Crippen LogP contribution < -0.4 is 0 Å². The van der Waals surface area contributed by atoms with Crippen LogP contribution in [0.15, 0.2) is 0 Å². The van der Waals surface area contributed by atoms with Crippen LogP contribution in [0, 0.1) is 12.8 Å². The van der Waals surface area contributed by atoms with E-state index >= 15 is 0 Å². The zero-order valence-corrected chi connectivity index (χ0v) is 9.94. The minimum atomic E-state index is -0.493. The van der Waals surface area contributed by atoms with E-state index in [-0.39, 0.29) is 18.2 Å². The fourth-order valence-corrected chi connectivity index (χ4v) is 1.52. The summed E-state index contributed by atoms with van der Waals surface area (Å²) in [5.41, 5.74) is 0. The van der Waals surface area contributed by atoms with Crippen molar-refractivity contribution in [3.05, 3.63) is 6.92 Å². The fraction of sp³-hybridized carbons (Fsp3) is 0.727. The van der Waals surface area contributed by atoms with E-state index in [0.717, 1.165) is 0 Å². The highest BCUT2D eigenvalue weighted by Gasteiger charge is 2.24. The minimum absolute atomic E-state index is 0.0569. The van der Waals surface area contributed by atoms with Gasteiger partial charge in [-0.3, -0.25) is 9.59 Å². The molecule has 0 bridgehead atoms. The Hall–Kier alpha value is -1.10. The third-order valence-electron chi connectivity index (χ3n) is 2.59. The van der Waals surface area contributed by atoms with Crippen LogP contribution in [-0.2, 0) is 14.3 Å². The summed E-state index contributed by atoms with van der Waals surface area (Å²) in [6.07, 6.45) is 0.170. The zero-order chi connectivity index (χ0) is 12.1. The van der Waals surface area contributed by atoms with Crippen molar-refractivity contribution in [1.82, 2.24) is 9.80 Å². The SMILES string of the molecule is [CH2]C(CC(=O)N(C)C)C(=O)N1CCOCC1. The molecule has 1 aliphatic heterocycles. The first-order valence-corrected chi connectivity index (χ1v) is 5.42. The molecule has 1 fully saturated rings. The Balaban J connectivity index is 2.43. The van der Waals surface area contributed by atoms with Gasteiger partial charge in [0.2, 0.25) is 11.8 Å². The molecule has 16 heavy (non-hydrogen) atoms. The Labute approximate surface area is 96.3 Å². The predicted molar refractivity (Wildman–Crippen MR) is 59.6 cm³/mol. The molecule has 1 heterocycles. The van der Waals surface area contributed by atoms with Gasteiger partial charge in [0.25, 0.3) is 0 Å². The lowest BCUT2D eigenvalue weighted by atomic mass is 10.1.